The van der Waals surface area contributed by atoms with Crippen molar-refractivity contribution < 1.29 is 63.1 Å². The van der Waals surface area contributed by atoms with Crippen molar-refractivity contribution in [1.29, 1.82) is 0 Å². The summed E-state index contributed by atoms with van der Waals surface area (Å²) in [5.41, 5.74) is 0. The van der Waals surface area contributed by atoms with Crippen molar-refractivity contribution >= 4 is 11.9 Å². The van der Waals surface area contributed by atoms with Gasteiger partial charge in [0.25, 0.3) is 0 Å². The van der Waals surface area contributed by atoms with Crippen LogP contribution in [0.3, 0.4) is 0 Å². The first kappa shape index (κ1) is 55.7. The molecule has 0 aromatic rings. The van der Waals surface area contributed by atoms with Gasteiger partial charge in [0.1, 0.15) is 25.3 Å². The predicted octanol–water partition coefficient (Wildman–Crippen LogP) is 1.51. The number of unbranched alkanes of at least 4 members (excludes halogenated alkanes) is 14. The molecule has 0 aromatic heterocycles. The summed E-state index contributed by atoms with van der Waals surface area (Å²) in [6.07, 6.45) is 21.5. The summed E-state index contributed by atoms with van der Waals surface area (Å²) < 4.78 is 12.3. The number of aliphatic hydroxyl groups excluding tert-OH is 2. The zero-order chi connectivity index (χ0) is 37.5. The van der Waals surface area contributed by atoms with Gasteiger partial charge in [-0.25, -0.2) is 0 Å². The lowest BCUT2D eigenvalue weighted by atomic mass is 10.1. The number of quaternary nitrogens is 2. The maximum atomic E-state index is 12.1. The Morgan fingerprint density at radius 3 is 1.21 bits per heavy atom. The van der Waals surface area contributed by atoms with Crippen LogP contribution in [0.5, 0.6) is 0 Å². The summed E-state index contributed by atoms with van der Waals surface area (Å²) in [6.45, 7) is 12.2. The Labute approximate surface area is 333 Å². The number of carbonyl (C=O) groups excluding carboxylic acids is 2. The Morgan fingerprint density at radius 2 is 0.846 bits per heavy atom. The van der Waals surface area contributed by atoms with E-state index in [9.17, 15) is 19.8 Å². The van der Waals surface area contributed by atoms with Crippen LogP contribution < -0.4 is 24.8 Å². The molecule has 0 saturated heterocycles. The average molecular weight is 787 g/mol. The van der Waals surface area contributed by atoms with Crippen LogP contribution in [0.4, 0.5) is 0 Å². The van der Waals surface area contributed by atoms with E-state index in [-0.39, 0.29) is 36.8 Å². The highest BCUT2D eigenvalue weighted by Gasteiger charge is 2.26. The van der Waals surface area contributed by atoms with Gasteiger partial charge >= 0.3 is 11.9 Å². The third kappa shape index (κ3) is 36.3. The number of aliphatic hydroxyl groups is 2. The van der Waals surface area contributed by atoms with Gasteiger partial charge in [0.15, 0.2) is 0 Å². The number of likely N-dealkylation sites (N-methyl/N-ethyl adjacent to an activating group) is 2. The van der Waals surface area contributed by atoms with Gasteiger partial charge < -0.3 is 53.5 Å². The van der Waals surface area contributed by atoms with Gasteiger partial charge in [-0.1, -0.05) is 111 Å². The molecule has 2 atom stereocenters. The van der Waals surface area contributed by atoms with E-state index in [1.807, 2.05) is 0 Å². The molecule has 2 unspecified atom stereocenters. The Hall–Kier alpha value is -0.680. The fourth-order valence-electron chi connectivity index (χ4n) is 6.83. The van der Waals surface area contributed by atoms with Crippen LogP contribution in [0.2, 0.25) is 0 Å². The molecule has 0 fully saturated rings. The van der Waals surface area contributed by atoms with Crippen LogP contribution in [-0.4, -0.2) is 135 Å². The Bertz CT molecular complexity index is 761. The molecule has 0 amide bonds. The molecule has 0 rings (SSSR count). The first-order valence-corrected chi connectivity index (χ1v) is 20.9. The second kappa shape index (κ2) is 36.0. The summed E-state index contributed by atoms with van der Waals surface area (Å²) in [4.78, 5) is 26.5. The normalized spacial score (nSPS) is 13.0. The summed E-state index contributed by atoms with van der Waals surface area (Å²) in [7, 11) is 8.47. The second-order valence-electron chi connectivity index (χ2n) is 16.3. The van der Waals surface area contributed by atoms with E-state index in [0.29, 0.717) is 61.2 Å². The van der Waals surface area contributed by atoms with Crippen molar-refractivity contribution in [1.82, 2.24) is 4.90 Å². The minimum absolute atomic E-state index is 0. The summed E-state index contributed by atoms with van der Waals surface area (Å²) in [5.74, 6) is -0.186. The molecular weight excluding hydrogens is 701 g/mol. The number of rotatable bonds is 36. The van der Waals surface area contributed by atoms with Crippen LogP contribution in [0.15, 0.2) is 0 Å². The largest absolute Gasteiger partial charge is 1.00 e. The van der Waals surface area contributed by atoms with Gasteiger partial charge in [-0.05, 0) is 25.8 Å². The van der Waals surface area contributed by atoms with Gasteiger partial charge in [0.05, 0.1) is 54.5 Å². The minimum Gasteiger partial charge on any atom is -1.00 e. The van der Waals surface area contributed by atoms with Crippen LogP contribution >= 0.6 is 0 Å². The molecule has 0 radical (unpaired) electrons. The van der Waals surface area contributed by atoms with Gasteiger partial charge in [-0.3, -0.25) is 14.5 Å². The van der Waals surface area contributed by atoms with Crippen molar-refractivity contribution in [2.45, 2.75) is 168 Å². The standard InChI is InChI=1S/C41H85N3O6.2ClH/c1-8-11-14-16-18-20-22-27-40(47)49-32-25-30-43(4,5)36-38(45)34-42(29-24-13-10-3)35-39(46)37-44(6,7)31-26-33-50-41(48)28-23-21-19-17-15-12-9-2;;/h38-39,45-46H,8-37H2,1-7H3;2*1H/q+2;;/p-2. The maximum absolute atomic E-state index is 12.1. The molecule has 0 bridgehead atoms. The van der Waals surface area contributed by atoms with Crippen LogP contribution in [0.25, 0.3) is 0 Å². The maximum Gasteiger partial charge on any atom is 0.305 e. The van der Waals surface area contributed by atoms with E-state index in [0.717, 1.165) is 77.4 Å². The zero-order valence-electron chi connectivity index (χ0n) is 35.0. The number of nitrogens with zero attached hydrogens (tertiary/aromatic N) is 3. The number of carbonyl (C=O) groups is 2. The molecule has 0 aromatic carbocycles. The molecule has 0 aliphatic carbocycles. The van der Waals surface area contributed by atoms with Crippen LogP contribution in [0, 0.1) is 0 Å². The quantitative estimate of drug-likeness (QED) is 0.0566. The highest BCUT2D eigenvalue weighted by atomic mass is 35.5. The zero-order valence-corrected chi connectivity index (χ0v) is 36.5. The number of ether oxygens (including phenoxy) is 2. The molecule has 11 heteroatoms. The van der Waals surface area contributed by atoms with Gasteiger partial charge in [0, 0.05) is 38.8 Å². The third-order valence-corrected chi connectivity index (χ3v) is 9.74. The number of hydrogen-bond donors (Lipinski definition) is 2. The van der Waals surface area contributed by atoms with Crippen molar-refractivity contribution in [3.8, 4) is 0 Å². The SMILES string of the molecule is CCCCCCCCCC(=O)OCCC[N+](C)(C)CC(O)CN(CCCCC)CC(O)C[N+](C)(C)CCCOC(=O)CCCCCCCCC.[Cl-].[Cl-]. The van der Waals surface area contributed by atoms with Crippen LogP contribution in [-0.2, 0) is 19.1 Å². The minimum atomic E-state index is -0.517. The van der Waals surface area contributed by atoms with Gasteiger partial charge in [-0.2, -0.15) is 0 Å². The van der Waals surface area contributed by atoms with Crippen molar-refractivity contribution in [3.05, 3.63) is 0 Å². The molecule has 0 aliphatic heterocycles. The molecule has 0 aliphatic rings. The Morgan fingerprint density at radius 1 is 0.519 bits per heavy atom. The monoisotopic (exact) mass is 786 g/mol. The van der Waals surface area contributed by atoms with Crippen molar-refractivity contribution in [2.24, 2.45) is 0 Å². The highest BCUT2D eigenvalue weighted by molar-refractivity contribution is 5.69. The molecule has 2 N–H and O–H groups in total. The highest BCUT2D eigenvalue weighted by Crippen LogP contribution is 2.12. The average Bonchev–Trinajstić information content (AvgIpc) is 3.03. The lowest BCUT2D eigenvalue weighted by Crippen LogP contribution is -3.00. The summed E-state index contributed by atoms with van der Waals surface area (Å²) >= 11 is 0. The van der Waals surface area contributed by atoms with Crippen molar-refractivity contribution in [2.75, 3.05) is 87.2 Å². The Balaban J connectivity index is -0.0000120. The van der Waals surface area contributed by atoms with Gasteiger partial charge in [-0.15, -0.1) is 0 Å². The fraction of sp³-hybridized carbons (Fsp3) is 0.951. The van der Waals surface area contributed by atoms with E-state index in [1.54, 1.807) is 0 Å². The first-order chi connectivity index (χ1) is 23.8. The third-order valence-electron chi connectivity index (χ3n) is 9.74. The molecule has 9 nitrogen and oxygen atoms in total. The molecule has 314 valence electrons. The van der Waals surface area contributed by atoms with E-state index < -0.39 is 12.2 Å². The predicted molar refractivity (Wildman–Crippen MR) is 208 cm³/mol. The number of halogens is 2. The van der Waals surface area contributed by atoms with Crippen LogP contribution in [0.1, 0.15) is 156 Å². The van der Waals surface area contributed by atoms with Gasteiger partial charge in [0.2, 0.25) is 0 Å². The summed E-state index contributed by atoms with van der Waals surface area (Å²) in [6, 6.07) is 0. The lowest BCUT2D eigenvalue weighted by Gasteiger charge is -2.36. The second-order valence-corrected chi connectivity index (χ2v) is 16.3. The molecule has 0 saturated carbocycles. The lowest BCUT2D eigenvalue weighted by molar-refractivity contribution is -0.893. The van der Waals surface area contributed by atoms with E-state index >= 15 is 0 Å². The molecule has 0 spiro atoms. The number of hydrogen-bond acceptors (Lipinski definition) is 7. The fourth-order valence-corrected chi connectivity index (χ4v) is 6.83. The topological polar surface area (TPSA) is 96.3 Å². The van der Waals surface area contributed by atoms with E-state index in [1.165, 1.54) is 64.2 Å². The van der Waals surface area contributed by atoms with E-state index in [4.69, 9.17) is 9.47 Å². The molecule has 0 heterocycles. The summed E-state index contributed by atoms with van der Waals surface area (Å²) in [5, 5.41) is 22.2. The van der Waals surface area contributed by atoms with E-state index in [2.05, 4.69) is 53.9 Å². The molecular formula is C41H85Cl2N3O6. The Kier molecular flexibility index (Phi) is 38.5. The number of esters is 2. The first-order valence-electron chi connectivity index (χ1n) is 20.9. The van der Waals surface area contributed by atoms with Crippen molar-refractivity contribution in [3.63, 3.8) is 0 Å². The molecule has 52 heavy (non-hydrogen) atoms. The smallest absolute Gasteiger partial charge is 0.305 e.